The number of hydrogen-bond acceptors (Lipinski definition) is 5. The molecule has 0 saturated carbocycles. The van der Waals surface area contributed by atoms with Crippen LogP contribution < -0.4 is 16.6 Å². The van der Waals surface area contributed by atoms with Crippen LogP contribution in [0.4, 0.5) is 11.6 Å². The molecule has 1 unspecified atom stereocenters. The number of benzene rings is 1. The van der Waals surface area contributed by atoms with Crippen molar-refractivity contribution in [2.45, 2.75) is 39.7 Å². The van der Waals surface area contributed by atoms with Crippen molar-refractivity contribution in [2.75, 3.05) is 10.7 Å². The van der Waals surface area contributed by atoms with Crippen molar-refractivity contribution in [1.82, 2.24) is 9.97 Å². The van der Waals surface area contributed by atoms with Gasteiger partial charge >= 0.3 is 0 Å². The normalized spacial score (nSPS) is 12.0. The Hall–Kier alpha value is -2.14. The van der Waals surface area contributed by atoms with Gasteiger partial charge in [-0.3, -0.25) is 0 Å². The Morgan fingerprint density at radius 3 is 2.33 bits per heavy atom. The lowest BCUT2D eigenvalue weighted by Crippen LogP contribution is -2.17. The first-order valence-electron chi connectivity index (χ1n) is 7.35. The Morgan fingerprint density at radius 1 is 1.10 bits per heavy atom. The monoisotopic (exact) mass is 285 g/mol. The van der Waals surface area contributed by atoms with Gasteiger partial charge in [-0.15, -0.1) is 0 Å². The standard InChI is InChI=1S/C16H23N5/c1-4-13(12-9-7-6-8-10-12)18-15-11(3)16(21-17)20-14(5-2)19-15/h6-10,13H,4-5,17H2,1-3H3,(H2,18,19,20,21). The summed E-state index contributed by atoms with van der Waals surface area (Å²) < 4.78 is 0. The van der Waals surface area contributed by atoms with Crippen molar-refractivity contribution in [3.8, 4) is 0 Å². The number of aryl methyl sites for hydroxylation is 1. The van der Waals surface area contributed by atoms with Crippen LogP contribution in [-0.4, -0.2) is 9.97 Å². The number of aromatic nitrogens is 2. The maximum absolute atomic E-state index is 5.55. The number of hydrazine groups is 1. The third-order valence-corrected chi connectivity index (χ3v) is 3.57. The van der Waals surface area contributed by atoms with Gasteiger partial charge in [0, 0.05) is 12.0 Å². The zero-order valence-corrected chi connectivity index (χ0v) is 12.9. The molecule has 0 saturated heterocycles. The quantitative estimate of drug-likeness (QED) is 0.561. The van der Waals surface area contributed by atoms with Crippen LogP contribution >= 0.6 is 0 Å². The lowest BCUT2D eigenvalue weighted by atomic mass is 10.0. The molecule has 21 heavy (non-hydrogen) atoms. The van der Waals surface area contributed by atoms with Crippen molar-refractivity contribution in [2.24, 2.45) is 5.84 Å². The number of nitrogens with one attached hydrogen (secondary N) is 2. The number of hydrogen-bond donors (Lipinski definition) is 3. The summed E-state index contributed by atoms with van der Waals surface area (Å²) in [4.78, 5) is 8.98. The molecule has 5 nitrogen and oxygen atoms in total. The third-order valence-electron chi connectivity index (χ3n) is 3.57. The summed E-state index contributed by atoms with van der Waals surface area (Å²) >= 11 is 0. The average molecular weight is 285 g/mol. The van der Waals surface area contributed by atoms with Crippen LogP contribution in [0, 0.1) is 6.92 Å². The van der Waals surface area contributed by atoms with Crippen molar-refractivity contribution >= 4 is 11.6 Å². The molecule has 1 aromatic carbocycles. The van der Waals surface area contributed by atoms with Crippen molar-refractivity contribution in [3.05, 3.63) is 47.3 Å². The molecule has 2 aromatic rings. The summed E-state index contributed by atoms with van der Waals surface area (Å²) in [7, 11) is 0. The lowest BCUT2D eigenvalue weighted by Gasteiger charge is -2.20. The Kier molecular flexibility index (Phi) is 5.11. The molecule has 0 aliphatic rings. The first-order chi connectivity index (χ1) is 10.2. The predicted molar refractivity (Wildman–Crippen MR) is 87.1 cm³/mol. The van der Waals surface area contributed by atoms with E-state index in [1.165, 1.54) is 5.56 Å². The average Bonchev–Trinajstić information content (AvgIpc) is 2.54. The van der Waals surface area contributed by atoms with Gasteiger partial charge in [-0.2, -0.15) is 0 Å². The second kappa shape index (κ2) is 7.04. The van der Waals surface area contributed by atoms with E-state index in [2.05, 4.69) is 51.9 Å². The summed E-state index contributed by atoms with van der Waals surface area (Å²) in [5.41, 5.74) is 4.83. The van der Waals surface area contributed by atoms with E-state index in [1.807, 2.05) is 19.9 Å². The molecule has 1 aromatic heterocycles. The molecule has 4 N–H and O–H groups in total. The fraction of sp³-hybridized carbons (Fsp3) is 0.375. The SMILES string of the molecule is CCc1nc(NN)c(C)c(NC(CC)c2ccccc2)n1. The summed E-state index contributed by atoms with van der Waals surface area (Å²) in [5, 5.41) is 3.52. The Morgan fingerprint density at radius 2 is 1.76 bits per heavy atom. The first-order valence-corrected chi connectivity index (χ1v) is 7.35. The minimum Gasteiger partial charge on any atom is -0.363 e. The summed E-state index contributed by atoms with van der Waals surface area (Å²) in [6.07, 6.45) is 1.74. The number of nitrogens with two attached hydrogens (primary N) is 1. The van der Waals surface area contributed by atoms with Gasteiger partial charge in [-0.25, -0.2) is 15.8 Å². The van der Waals surface area contributed by atoms with Crippen LogP contribution in [0.1, 0.15) is 43.3 Å². The van der Waals surface area contributed by atoms with Gasteiger partial charge in [-0.1, -0.05) is 44.2 Å². The topological polar surface area (TPSA) is 75.9 Å². The minimum absolute atomic E-state index is 0.218. The molecule has 1 heterocycles. The van der Waals surface area contributed by atoms with Crippen LogP contribution in [0.5, 0.6) is 0 Å². The second-order valence-corrected chi connectivity index (χ2v) is 4.98. The Balaban J connectivity index is 2.33. The molecule has 0 aliphatic carbocycles. The smallest absolute Gasteiger partial charge is 0.148 e. The van der Waals surface area contributed by atoms with Gasteiger partial charge in [0.25, 0.3) is 0 Å². The largest absolute Gasteiger partial charge is 0.363 e. The maximum atomic E-state index is 5.55. The molecular formula is C16H23N5. The summed E-state index contributed by atoms with van der Waals surface area (Å²) in [5.74, 6) is 7.84. The van der Waals surface area contributed by atoms with Crippen LogP contribution in [0.15, 0.2) is 30.3 Å². The highest BCUT2D eigenvalue weighted by Crippen LogP contribution is 2.26. The van der Waals surface area contributed by atoms with E-state index < -0.39 is 0 Å². The third kappa shape index (κ3) is 3.49. The van der Waals surface area contributed by atoms with E-state index in [9.17, 15) is 0 Å². The second-order valence-electron chi connectivity index (χ2n) is 4.98. The van der Waals surface area contributed by atoms with Crippen LogP contribution in [0.25, 0.3) is 0 Å². The minimum atomic E-state index is 0.218. The fourth-order valence-electron chi connectivity index (χ4n) is 2.27. The van der Waals surface area contributed by atoms with E-state index in [0.29, 0.717) is 5.82 Å². The highest BCUT2D eigenvalue weighted by Gasteiger charge is 2.14. The van der Waals surface area contributed by atoms with Crippen molar-refractivity contribution in [1.29, 1.82) is 0 Å². The van der Waals surface area contributed by atoms with Gasteiger partial charge < -0.3 is 10.7 Å². The molecule has 0 radical (unpaired) electrons. The fourth-order valence-corrected chi connectivity index (χ4v) is 2.27. The lowest BCUT2D eigenvalue weighted by molar-refractivity contribution is 0.739. The van der Waals surface area contributed by atoms with Gasteiger partial charge in [-0.05, 0) is 18.9 Å². The molecular weight excluding hydrogens is 262 g/mol. The van der Waals surface area contributed by atoms with Crippen molar-refractivity contribution in [3.63, 3.8) is 0 Å². The summed E-state index contributed by atoms with van der Waals surface area (Å²) in [6.45, 7) is 6.15. The number of rotatable bonds is 6. The van der Waals surface area contributed by atoms with Gasteiger partial charge in [0.05, 0.1) is 6.04 Å². The van der Waals surface area contributed by atoms with Crippen LogP contribution in [0.3, 0.4) is 0 Å². The zero-order valence-electron chi connectivity index (χ0n) is 12.9. The molecule has 112 valence electrons. The first kappa shape index (κ1) is 15.3. The molecule has 0 fully saturated rings. The number of anilines is 2. The van der Waals surface area contributed by atoms with E-state index >= 15 is 0 Å². The predicted octanol–water partition coefficient (Wildman–Crippen LogP) is 3.20. The van der Waals surface area contributed by atoms with Gasteiger partial charge in [0.2, 0.25) is 0 Å². The highest BCUT2D eigenvalue weighted by atomic mass is 15.3. The molecule has 0 amide bonds. The van der Waals surface area contributed by atoms with E-state index in [-0.39, 0.29) is 6.04 Å². The van der Waals surface area contributed by atoms with Crippen LogP contribution in [0.2, 0.25) is 0 Å². The number of nitrogen functional groups attached to an aromatic ring is 1. The molecule has 2 rings (SSSR count). The number of nitrogens with zero attached hydrogens (tertiary/aromatic N) is 2. The molecule has 0 spiro atoms. The van der Waals surface area contributed by atoms with E-state index in [4.69, 9.17) is 5.84 Å². The zero-order chi connectivity index (χ0) is 15.2. The Bertz CT molecular complexity index is 583. The van der Waals surface area contributed by atoms with E-state index in [1.54, 1.807) is 0 Å². The molecule has 0 bridgehead atoms. The molecule has 0 aliphatic heterocycles. The highest BCUT2D eigenvalue weighted by molar-refractivity contribution is 5.57. The maximum Gasteiger partial charge on any atom is 0.148 e. The molecule has 1 atom stereocenters. The van der Waals surface area contributed by atoms with Gasteiger partial charge in [0.1, 0.15) is 17.5 Å². The van der Waals surface area contributed by atoms with E-state index in [0.717, 1.165) is 30.0 Å². The Labute approximate surface area is 126 Å². The van der Waals surface area contributed by atoms with Crippen LogP contribution in [-0.2, 0) is 6.42 Å². The molecule has 5 heteroatoms. The van der Waals surface area contributed by atoms with Crippen molar-refractivity contribution < 1.29 is 0 Å². The summed E-state index contributed by atoms with van der Waals surface area (Å²) in [6, 6.07) is 10.6. The van der Waals surface area contributed by atoms with Gasteiger partial charge in [0.15, 0.2) is 0 Å².